The number of aliphatic hydroxyl groups is 1. The fraction of sp³-hybridized carbons (Fsp3) is 0.846. The molecule has 0 aliphatic carbocycles. The number of rotatable bonds is 3. The van der Waals surface area contributed by atoms with E-state index in [0.29, 0.717) is 32.6 Å². The second kappa shape index (κ2) is 4.54. The van der Waals surface area contributed by atoms with Gasteiger partial charge in [-0.15, -0.1) is 0 Å². The van der Waals surface area contributed by atoms with Gasteiger partial charge >= 0.3 is 0 Å². The van der Waals surface area contributed by atoms with Crippen molar-refractivity contribution < 1.29 is 14.7 Å². The molecule has 0 aromatic heterocycles. The zero-order valence-electron chi connectivity index (χ0n) is 11.3. The predicted octanol–water partition coefficient (Wildman–Crippen LogP) is -1.07. The number of amides is 2. The van der Waals surface area contributed by atoms with E-state index in [9.17, 15) is 14.7 Å². The van der Waals surface area contributed by atoms with Gasteiger partial charge < -0.3 is 10.4 Å². The lowest BCUT2D eigenvalue weighted by Crippen LogP contribution is -2.81. The smallest absolute Gasteiger partial charge is 0.252 e. The Morgan fingerprint density at radius 3 is 2.74 bits per heavy atom. The van der Waals surface area contributed by atoms with Crippen molar-refractivity contribution in [1.82, 2.24) is 15.1 Å². The molecule has 3 aliphatic heterocycles. The average Bonchev–Trinajstić information content (AvgIpc) is 2.70. The maximum absolute atomic E-state index is 12.6. The Kier molecular flexibility index (Phi) is 3.11. The van der Waals surface area contributed by atoms with Crippen LogP contribution >= 0.6 is 0 Å². The normalized spacial score (nSPS) is 33.7. The highest BCUT2D eigenvalue weighted by Crippen LogP contribution is 2.36. The van der Waals surface area contributed by atoms with Crippen LogP contribution < -0.4 is 5.32 Å². The zero-order chi connectivity index (χ0) is 13.6. The van der Waals surface area contributed by atoms with Crippen molar-refractivity contribution in [3.05, 3.63) is 0 Å². The summed E-state index contributed by atoms with van der Waals surface area (Å²) in [5.74, 6) is -0.192. The van der Waals surface area contributed by atoms with E-state index in [4.69, 9.17) is 0 Å². The maximum atomic E-state index is 12.6. The van der Waals surface area contributed by atoms with Crippen LogP contribution in [-0.4, -0.2) is 70.6 Å². The molecule has 3 rings (SSSR count). The van der Waals surface area contributed by atoms with Crippen molar-refractivity contribution in [3.8, 4) is 0 Å². The molecule has 1 spiro atoms. The molecule has 3 saturated heterocycles. The van der Waals surface area contributed by atoms with E-state index in [-0.39, 0.29) is 17.9 Å². The van der Waals surface area contributed by atoms with Crippen LogP contribution in [0.1, 0.15) is 26.2 Å². The minimum Gasteiger partial charge on any atom is -0.392 e. The Morgan fingerprint density at radius 1 is 1.42 bits per heavy atom. The summed E-state index contributed by atoms with van der Waals surface area (Å²) >= 11 is 0. The number of carbonyl (C=O) groups is 2. The Hall–Kier alpha value is -0.980. The Morgan fingerprint density at radius 2 is 2.16 bits per heavy atom. The monoisotopic (exact) mass is 267 g/mol. The van der Waals surface area contributed by atoms with Gasteiger partial charge in [-0.3, -0.25) is 19.4 Å². The van der Waals surface area contributed by atoms with Gasteiger partial charge in [0, 0.05) is 26.2 Å². The molecule has 0 aromatic carbocycles. The highest BCUT2D eigenvalue weighted by Gasteiger charge is 2.61. The Labute approximate surface area is 112 Å². The van der Waals surface area contributed by atoms with E-state index in [0.717, 1.165) is 12.8 Å². The lowest BCUT2D eigenvalue weighted by Gasteiger charge is -2.54. The van der Waals surface area contributed by atoms with Gasteiger partial charge in [0.2, 0.25) is 5.91 Å². The SMILES string of the molecule is CCCCN1C(=O)[C@@H]2C[C@@H](O)CN2C2(CNC2)C1=O. The molecule has 0 radical (unpaired) electrons. The van der Waals surface area contributed by atoms with Gasteiger partial charge in [-0.05, 0) is 12.8 Å². The summed E-state index contributed by atoms with van der Waals surface area (Å²) in [7, 11) is 0. The predicted molar refractivity (Wildman–Crippen MR) is 68.3 cm³/mol. The van der Waals surface area contributed by atoms with Crippen LogP contribution in [0.4, 0.5) is 0 Å². The largest absolute Gasteiger partial charge is 0.392 e. The molecule has 19 heavy (non-hydrogen) atoms. The molecule has 2 atom stereocenters. The summed E-state index contributed by atoms with van der Waals surface area (Å²) in [6, 6.07) is -0.313. The van der Waals surface area contributed by atoms with Gasteiger partial charge in [-0.2, -0.15) is 0 Å². The van der Waals surface area contributed by atoms with Crippen molar-refractivity contribution in [2.24, 2.45) is 0 Å². The molecule has 106 valence electrons. The second-order valence-corrected chi connectivity index (χ2v) is 5.84. The number of carbonyl (C=O) groups excluding carboxylic acids is 2. The van der Waals surface area contributed by atoms with Crippen molar-refractivity contribution in [2.45, 2.75) is 43.9 Å². The number of hydrogen-bond donors (Lipinski definition) is 2. The van der Waals surface area contributed by atoms with Crippen molar-refractivity contribution >= 4 is 11.8 Å². The maximum Gasteiger partial charge on any atom is 0.252 e. The molecule has 2 N–H and O–H groups in total. The number of aliphatic hydroxyl groups excluding tert-OH is 1. The van der Waals surface area contributed by atoms with E-state index >= 15 is 0 Å². The lowest BCUT2D eigenvalue weighted by atomic mass is 9.84. The molecular weight excluding hydrogens is 246 g/mol. The van der Waals surface area contributed by atoms with Gasteiger partial charge in [-0.25, -0.2) is 0 Å². The highest BCUT2D eigenvalue weighted by atomic mass is 16.3. The standard InChI is InChI=1S/C13H21N3O3/c1-2-3-4-15-11(18)10-5-9(17)6-16(10)13(12(15)19)7-14-8-13/h9-10,14,17H,2-8H2,1H3/t9-,10+/m1/s1. The second-order valence-electron chi connectivity index (χ2n) is 5.84. The third-order valence-electron chi connectivity index (χ3n) is 4.59. The summed E-state index contributed by atoms with van der Waals surface area (Å²) < 4.78 is 0. The number of nitrogens with zero attached hydrogens (tertiary/aromatic N) is 2. The van der Waals surface area contributed by atoms with E-state index in [1.54, 1.807) is 0 Å². The van der Waals surface area contributed by atoms with Crippen LogP contribution in [0.25, 0.3) is 0 Å². The number of hydrogen-bond acceptors (Lipinski definition) is 5. The van der Waals surface area contributed by atoms with Crippen molar-refractivity contribution in [3.63, 3.8) is 0 Å². The number of fused-ring (bicyclic) bond motifs is 2. The van der Waals surface area contributed by atoms with Crippen LogP contribution in [0, 0.1) is 0 Å². The van der Waals surface area contributed by atoms with Gasteiger partial charge in [0.05, 0.1) is 12.1 Å². The topological polar surface area (TPSA) is 72.9 Å². The van der Waals surface area contributed by atoms with Gasteiger partial charge in [0.1, 0.15) is 5.54 Å². The number of piperazine rings is 1. The van der Waals surface area contributed by atoms with E-state index in [1.807, 2.05) is 11.8 Å². The Balaban J connectivity index is 1.89. The first-order valence-electron chi connectivity index (χ1n) is 7.11. The molecule has 0 saturated carbocycles. The zero-order valence-corrected chi connectivity index (χ0v) is 11.3. The van der Waals surface area contributed by atoms with Crippen molar-refractivity contribution in [1.29, 1.82) is 0 Å². The number of unbranched alkanes of at least 4 members (excludes halogenated alkanes) is 1. The molecule has 3 fully saturated rings. The summed E-state index contributed by atoms with van der Waals surface area (Å²) in [4.78, 5) is 28.4. The molecule has 3 aliphatic rings. The minimum absolute atomic E-state index is 0.0740. The van der Waals surface area contributed by atoms with Gasteiger partial charge in [0.15, 0.2) is 0 Å². The molecular formula is C13H21N3O3. The van der Waals surface area contributed by atoms with Gasteiger partial charge in [0.25, 0.3) is 5.91 Å². The molecule has 6 nitrogen and oxygen atoms in total. The lowest BCUT2D eigenvalue weighted by molar-refractivity contribution is -0.170. The summed E-state index contributed by atoms with van der Waals surface area (Å²) in [6.07, 6.45) is 1.76. The van der Waals surface area contributed by atoms with Gasteiger partial charge in [-0.1, -0.05) is 13.3 Å². The van der Waals surface area contributed by atoms with Crippen LogP contribution in [0.2, 0.25) is 0 Å². The van der Waals surface area contributed by atoms with E-state index in [2.05, 4.69) is 5.32 Å². The molecule has 2 amide bonds. The van der Waals surface area contributed by atoms with Crippen LogP contribution in [0.5, 0.6) is 0 Å². The summed E-state index contributed by atoms with van der Waals surface area (Å²) in [5.41, 5.74) is -0.580. The Bertz CT molecular complexity index is 408. The highest BCUT2D eigenvalue weighted by molar-refractivity contribution is 6.06. The summed E-state index contributed by atoms with van der Waals surface area (Å²) in [5, 5.41) is 13.0. The third-order valence-corrected chi connectivity index (χ3v) is 4.59. The quantitative estimate of drug-likeness (QED) is 0.637. The number of β-amino-alcohol motifs (C(OH)–C–C–N with tert-alkyl or cyclic N) is 1. The summed E-state index contributed by atoms with van der Waals surface area (Å²) in [6.45, 7) is 4.17. The molecule has 6 heteroatoms. The van der Waals surface area contributed by atoms with E-state index in [1.165, 1.54) is 4.90 Å². The minimum atomic E-state index is -0.580. The van der Waals surface area contributed by atoms with Crippen LogP contribution in [0.3, 0.4) is 0 Å². The molecule has 0 bridgehead atoms. The van der Waals surface area contributed by atoms with Crippen LogP contribution in [0.15, 0.2) is 0 Å². The molecule has 0 unspecified atom stereocenters. The molecule has 3 heterocycles. The fourth-order valence-electron chi connectivity index (χ4n) is 3.42. The van der Waals surface area contributed by atoms with E-state index < -0.39 is 11.6 Å². The average molecular weight is 267 g/mol. The fourth-order valence-corrected chi connectivity index (χ4v) is 3.42. The number of imide groups is 1. The first kappa shape index (κ1) is 13.0. The van der Waals surface area contributed by atoms with Crippen molar-refractivity contribution in [2.75, 3.05) is 26.2 Å². The van der Waals surface area contributed by atoms with Crippen LogP contribution in [-0.2, 0) is 9.59 Å². The number of nitrogens with one attached hydrogen (secondary N) is 1. The molecule has 0 aromatic rings. The first-order valence-corrected chi connectivity index (χ1v) is 7.11. The first-order chi connectivity index (χ1) is 9.10. The third kappa shape index (κ3) is 1.74.